The number of hydrogen-bond donors (Lipinski definition) is 1. The van der Waals surface area contributed by atoms with E-state index in [9.17, 15) is 14.7 Å². The summed E-state index contributed by atoms with van der Waals surface area (Å²) in [6.45, 7) is 2.00. The monoisotopic (exact) mass is 258 g/mol. The highest BCUT2D eigenvalue weighted by Gasteiger charge is 2.51. The smallest absolute Gasteiger partial charge is 0.384 e. The summed E-state index contributed by atoms with van der Waals surface area (Å²) in [6, 6.07) is 7.02. The van der Waals surface area contributed by atoms with Gasteiger partial charge in [-0.15, -0.1) is 0 Å². The van der Waals surface area contributed by atoms with Crippen molar-refractivity contribution in [3.63, 3.8) is 0 Å². The first-order valence-corrected chi connectivity index (χ1v) is 6.11. The number of hydrogen-bond acceptors (Lipinski definition) is 3. The first-order chi connectivity index (χ1) is 9.08. The lowest BCUT2D eigenvalue weighted by Gasteiger charge is -2.09. The van der Waals surface area contributed by atoms with E-state index in [4.69, 9.17) is 4.74 Å². The molecule has 1 saturated carbocycles. The van der Waals surface area contributed by atoms with Crippen molar-refractivity contribution in [2.45, 2.75) is 25.2 Å². The van der Waals surface area contributed by atoms with Gasteiger partial charge < -0.3 is 9.84 Å². The maximum Gasteiger partial charge on any atom is 0.384 e. The van der Waals surface area contributed by atoms with Gasteiger partial charge in [0.1, 0.15) is 0 Å². The first-order valence-electron chi connectivity index (χ1n) is 6.11. The van der Waals surface area contributed by atoms with Crippen molar-refractivity contribution in [2.24, 2.45) is 0 Å². The lowest BCUT2D eigenvalue weighted by atomic mass is 9.95. The average Bonchev–Trinajstić information content (AvgIpc) is 3.18. The molecule has 0 atom stereocenters. The van der Waals surface area contributed by atoms with E-state index in [-0.39, 0.29) is 6.61 Å². The Morgan fingerprint density at radius 3 is 2.74 bits per heavy atom. The van der Waals surface area contributed by atoms with Crippen LogP contribution in [0.25, 0.3) is 0 Å². The largest absolute Gasteiger partial charge is 0.481 e. The molecule has 0 bridgehead atoms. The zero-order valence-corrected chi connectivity index (χ0v) is 10.6. The fourth-order valence-corrected chi connectivity index (χ4v) is 1.94. The summed E-state index contributed by atoms with van der Waals surface area (Å²) >= 11 is 0. The zero-order valence-electron chi connectivity index (χ0n) is 10.6. The van der Waals surface area contributed by atoms with Gasteiger partial charge in [-0.25, -0.2) is 4.79 Å². The van der Waals surface area contributed by atoms with Crippen molar-refractivity contribution in [1.29, 1.82) is 0 Å². The van der Waals surface area contributed by atoms with Crippen molar-refractivity contribution in [1.82, 2.24) is 0 Å². The van der Waals surface area contributed by atoms with Crippen LogP contribution >= 0.6 is 0 Å². The zero-order chi connectivity index (χ0) is 13.9. The summed E-state index contributed by atoms with van der Waals surface area (Å²) in [4.78, 5) is 22.4. The molecule has 1 fully saturated rings. The SMILES string of the molecule is CCOC(=O)C#Cc1cccc(C2(C(=O)O)CC2)c1. The molecule has 1 aliphatic carbocycles. The minimum atomic E-state index is -0.803. The third-order valence-corrected chi connectivity index (χ3v) is 3.16. The Kier molecular flexibility index (Phi) is 3.57. The average molecular weight is 258 g/mol. The lowest BCUT2D eigenvalue weighted by molar-refractivity contribution is -0.140. The molecule has 0 saturated heterocycles. The summed E-state index contributed by atoms with van der Waals surface area (Å²) < 4.78 is 4.71. The van der Waals surface area contributed by atoms with Gasteiger partial charge in [0.25, 0.3) is 0 Å². The molecule has 0 aromatic heterocycles. The summed E-state index contributed by atoms with van der Waals surface area (Å²) in [7, 11) is 0. The Bertz CT molecular complexity index is 573. The fraction of sp³-hybridized carbons (Fsp3) is 0.333. The molecule has 0 unspecified atom stereocenters. The number of carboxylic acid groups (broad SMARTS) is 1. The number of aliphatic carboxylic acids is 1. The molecule has 1 aromatic carbocycles. The molecule has 0 amide bonds. The van der Waals surface area contributed by atoms with Crippen LogP contribution in [-0.2, 0) is 19.7 Å². The van der Waals surface area contributed by atoms with Gasteiger partial charge in [-0.1, -0.05) is 18.1 Å². The molecule has 0 aliphatic heterocycles. The minimum absolute atomic E-state index is 0.287. The molecular weight excluding hydrogens is 244 g/mol. The Hall–Kier alpha value is -2.28. The van der Waals surface area contributed by atoms with Gasteiger partial charge in [0.05, 0.1) is 12.0 Å². The Morgan fingerprint density at radius 2 is 2.16 bits per heavy atom. The Balaban J connectivity index is 2.21. The van der Waals surface area contributed by atoms with E-state index in [1.807, 2.05) is 0 Å². The van der Waals surface area contributed by atoms with Crippen molar-refractivity contribution in [3.05, 3.63) is 35.4 Å². The molecule has 98 valence electrons. The summed E-state index contributed by atoms with van der Waals surface area (Å²) in [5.41, 5.74) is 0.621. The molecule has 0 heterocycles. The Labute approximate surface area is 111 Å². The summed E-state index contributed by atoms with van der Waals surface area (Å²) in [5, 5.41) is 9.23. The molecular formula is C15H14O4. The third kappa shape index (κ3) is 2.76. The van der Waals surface area contributed by atoms with E-state index in [0.717, 1.165) is 5.56 Å². The van der Waals surface area contributed by atoms with Gasteiger partial charge in [0.2, 0.25) is 0 Å². The van der Waals surface area contributed by atoms with Crippen LogP contribution in [-0.4, -0.2) is 23.7 Å². The van der Waals surface area contributed by atoms with E-state index < -0.39 is 17.4 Å². The topological polar surface area (TPSA) is 63.6 Å². The fourth-order valence-electron chi connectivity index (χ4n) is 1.94. The quantitative estimate of drug-likeness (QED) is 0.662. The van der Waals surface area contributed by atoms with Gasteiger partial charge in [0, 0.05) is 11.5 Å². The maximum absolute atomic E-state index is 11.2. The van der Waals surface area contributed by atoms with Gasteiger partial charge in [-0.3, -0.25) is 4.79 Å². The number of rotatable bonds is 3. The predicted octanol–water partition coefficient (Wildman–Crippen LogP) is 1.72. The third-order valence-electron chi connectivity index (χ3n) is 3.16. The summed E-state index contributed by atoms with van der Waals surface area (Å²) in [5.74, 6) is 3.68. The minimum Gasteiger partial charge on any atom is -0.481 e. The van der Waals surface area contributed by atoms with Crippen LogP contribution in [0.1, 0.15) is 30.9 Å². The van der Waals surface area contributed by atoms with Crippen LogP contribution in [0.15, 0.2) is 24.3 Å². The molecule has 0 spiro atoms. The van der Waals surface area contributed by atoms with Crippen molar-refractivity contribution >= 4 is 11.9 Å². The molecule has 2 rings (SSSR count). The van der Waals surface area contributed by atoms with E-state index in [1.165, 1.54) is 0 Å². The van der Waals surface area contributed by atoms with Gasteiger partial charge >= 0.3 is 11.9 Å². The number of esters is 1. The van der Waals surface area contributed by atoms with Crippen LogP contribution < -0.4 is 0 Å². The van der Waals surface area contributed by atoms with Crippen LogP contribution in [0, 0.1) is 11.8 Å². The summed E-state index contributed by atoms with van der Waals surface area (Å²) in [6.07, 6.45) is 1.30. The van der Waals surface area contributed by atoms with E-state index in [2.05, 4.69) is 11.8 Å². The second-order valence-corrected chi connectivity index (χ2v) is 4.44. The van der Waals surface area contributed by atoms with Crippen LogP contribution in [0.2, 0.25) is 0 Å². The number of ether oxygens (including phenoxy) is 1. The van der Waals surface area contributed by atoms with Crippen LogP contribution in [0.4, 0.5) is 0 Å². The molecule has 4 nitrogen and oxygen atoms in total. The van der Waals surface area contributed by atoms with Crippen LogP contribution in [0.3, 0.4) is 0 Å². The second kappa shape index (κ2) is 5.15. The van der Waals surface area contributed by atoms with Crippen LogP contribution in [0.5, 0.6) is 0 Å². The van der Waals surface area contributed by atoms with Crippen molar-refractivity contribution in [2.75, 3.05) is 6.61 Å². The number of carboxylic acids is 1. The van der Waals surface area contributed by atoms with Gasteiger partial charge in [0.15, 0.2) is 0 Å². The standard InChI is InChI=1S/C15H14O4/c1-2-19-13(16)7-6-11-4-3-5-12(10-11)15(8-9-15)14(17)18/h3-5,10H,2,8-9H2,1H3,(H,17,18). The molecule has 1 aliphatic rings. The molecule has 4 heteroatoms. The molecule has 0 radical (unpaired) electrons. The molecule has 19 heavy (non-hydrogen) atoms. The number of benzene rings is 1. The highest BCUT2D eigenvalue weighted by Crippen LogP contribution is 2.48. The lowest BCUT2D eigenvalue weighted by Crippen LogP contribution is -2.19. The van der Waals surface area contributed by atoms with Crippen molar-refractivity contribution in [3.8, 4) is 11.8 Å². The normalized spacial score (nSPS) is 15.0. The number of carbonyl (C=O) groups excluding carboxylic acids is 1. The van der Waals surface area contributed by atoms with Gasteiger partial charge in [-0.05, 0) is 37.5 Å². The first kappa shape index (κ1) is 13.2. The molecule has 1 aromatic rings. The maximum atomic E-state index is 11.2. The Morgan fingerprint density at radius 1 is 1.42 bits per heavy atom. The van der Waals surface area contributed by atoms with E-state index >= 15 is 0 Å². The predicted molar refractivity (Wildman–Crippen MR) is 68.5 cm³/mol. The highest BCUT2D eigenvalue weighted by molar-refractivity contribution is 5.89. The van der Waals surface area contributed by atoms with Crippen molar-refractivity contribution < 1.29 is 19.4 Å². The second-order valence-electron chi connectivity index (χ2n) is 4.44. The molecule has 1 N–H and O–H groups in total. The number of carbonyl (C=O) groups is 2. The van der Waals surface area contributed by atoms with E-state index in [0.29, 0.717) is 18.4 Å². The highest BCUT2D eigenvalue weighted by atomic mass is 16.5. The van der Waals surface area contributed by atoms with E-state index in [1.54, 1.807) is 31.2 Å². The van der Waals surface area contributed by atoms with Gasteiger partial charge in [-0.2, -0.15) is 0 Å².